The Hall–Kier alpha value is -1.78. The highest BCUT2D eigenvalue weighted by molar-refractivity contribution is 6.35. The van der Waals surface area contributed by atoms with Gasteiger partial charge < -0.3 is 11.1 Å². The molecule has 20 heavy (non-hydrogen) atoms. The fourth-order valence-corrected chi connectivity index (χ4v) is 2.45. The number of anilines is 2. The Kier molecular flexibility index (Phi) is 4.16. The molecule has 0 aliphatic carbocycles. The molecule has 0 spiro atoms. The van der Waals surface area contributed by atoms with Gasteiger partial charge in [0.1, 0.15) is 5.15 Å². The third-order valence-electron chi connectivity index (χ3n) is 2.87. The molecule has 0 aliphatic heterocycles. The number of carbonyl (C=O) groups excluding carboxylic acids is 1. The Morgan fingerprint density at radius 3 is 2.50 bits per heavy atom. The summed E-state index contributed by atoms with van der Waals surface area (Å²) in [5.41, 5.74) is 8.80. The fraction of sp³-hybridized carbons (Fsp3) is 0.143. The van der Waals surface area contributed by atoms with Crippen molar-refractivity contribution in [2.45, 2.75) is 13.8 Å². The number of nitrogens with zero attached hydrogens (tertiary/aromatic N) is 1. The fourth-order valence-electron chi connectivity index (χ4n) is 1.87. The average molecular weight is 310 g/mol. The van der Waals surface area contributed by atoms with Crippen molar-refractivity contribution in [2.75, 3.05) is 11.1 Å². The van der Waals surface area contributed by atoms with Crippen molar-refractivity contribution in [3.8, 4) is 0 Å². The monoisotopic (exact) mass is 309 g/mol. The molecular weight excluding hydrogens is 297 g/mol. The maximum absolute atomic E-state index is 12.3. The molecular formula is C14H13Cl2N3O. The Morgan fingerprint density at radius 1 is 1.20 bits per heavy atom. The van der Waals surface area contributed by atoms with Crippen LogP contribution < -0.4 is 11.1 Å². The van der Waals surface area contributed by atoms with Crippen LogP contribution in [0.15, 0.2) is 24.3 Å². The third-order valence-corrected chi connectivity index (χ3v) is 3.34. The largest absolute Gasteiger partial charge is 0.399 e. The molecule has 1 heterocycles. The van der Waals surface area contributed by atoms with Crippen LogP contribution in [0.4, 0.5) is 11.4 Å². The van der Waals surface area contributed by atoms with Crippen molar-refractivity contribution in [1.82, 2.24) is 4.98 Å². The van der Waals surface area contributed by atoms with E-state index in [2.05, 4.69) is 10.3 Å². The van der Waals surface area contributed by atoms with E-state index < -0.39 is 0 Å². The minimum atomic E-state index is -0.267. The second-order valence-electron chi connectivity index (χ2n) is 4.46. The second-order valence-corrected chi connectivity index (χ2v) is 5.20. The van der Waals surface area contributed by atoms with Crippen LogP contribution in [-0.4, -0.2) is 10.9 Å². The molecule has 0 unspecified atom stereocenters. The van der Waals surface area contributed by atoms with Crippen molar-refractivity contribution in [3.63, 3.8) is 0 Å². The molecule has 2 rings (SSSR count). The highest BCUT2D eigenvalue weighted by Gasteiger charge is 2.14. The van der Waals surface area contributed by atoms with Gasteiger partial charge in [-0.05, 0) is 49.2 Å². The van der Waals surface area contributed by atoms with Gasteiger partial charge in [0.2, 0.25) is 0 Å². The predicted octanol–water partition coefficient (Wildman–Crippen LogP) is 3.84. The van der Waals surface area contributed by atoms with Gasteiger partial charge in [0, 0.05) is 11.3 Å². The molecule has 0 saturated heterocycles. The number of hydrogen-bond acceptors (Lipinski definition) is 3. The van der Waals surface area contributed by atoms with E-state index in [1.807, 2.05) is 6.92 Å². The molecule has 0 fully saturated rings. The Bertz CT molecular complexity index is 663. The summed E-state index contributed by atoms with van der Waals surface area (Å²) >= 11 is 11.8. The third kappa shape index (κ3) is 3.03. The first-order valence-electron chi connectivity index (χ1n) is 5.88. The molecule has 0 saturated carbocycles. The normalized spacial score (nSPS) is 10.4. The van der Waals surface area contributed by atoms with Gasteiger partial charge in [-0.25, -0.2) is 4.98 Å². The Balaban J connectivity index is 2.33. The molecule has 3 N–H and O–H groups in total. The first-order chi connectivity index (χ1) is 9.38. The minimum absolute atomic E-state index is 0.163. The number of benzene rings is 1. The topological polar surface area (TPSA) is 68.0 Å². The molecule has 1 aromatic carbocycles. The molecule has 6 heteroatoms. The van der Waals surface area contributed by atoms with Crippen molar-refractivity contribution < 1.29 is 4.79 Å². The van der Waals surface area contributed by atoms with Crippen LogP contribution in [-0.2, 0) is 0 Å². The van der Waals surface area contributed by atoms with E-state index in [9.17, 15) is 4.79 Å². The molecule has 0 radical (unpaired) electrons. The summed E-state index contributed by atoms with van der Waals surface area (Å²) in [4.78, 5) is 16.2. The minimum Gasteiger partial charge on any atom is -0.399 e. The van der Waals surface area contributed by atoms with Gasteiger partial charge in [0.25, 0.3) is 5.91 Å². The maximum Gasteiger partial charge on any atom is 0.256 e. The highest BCUT2D eigenvalue weighted by Crippen LogP contribution is 2.27. The number of aryl methyl sites for hydroxylation is 2. The number of carbonyl (C=O) groups is 1. The summed E-state index contributed by atoms with van der Waals surface area (Å²) in [6.07, 6.45) is 0. The van der Waals surface area contributed by atoms with Crippen molar-refractivity contribution in [3.05, 3.63) is 51.3 Å². The standard InChI is InChI=1S/C14H13Cl2N3O/c1-7-5-9(17)3-4-10(7)14(20)19-12-8(2)6-11(15)18-13(12)16/h3-6H,17H2,1-2H3,(H,19,20). The van der Waals surface area contributed by atoms with Crippen LogP contribution in [0.1, 0.15) is 21.5 Å². The van der Waals surface area contributed by atoms with E-state index in [-0.39, 0.29) is 16.2 Å². The van der Waals surface area contributed by atoms with Crippen molar-refractivity contribution in [2.24, 2.45) is 0 Å². The molecule has 0 atom stereocenters. The van der Waals surface area contributed by atoms with E-state index in [0.717, 1.165) is 11.1 Å². The second kappa shape index (κ2) is 5.69. The summed E-state index contributed by atoms with van der Waals surface area (Å²) in [5, 5.41) is 3.20. The summed E-state index contributed by atoms with van der Waals surface area (Å²) in [6, 6.07) is 6.73. The highest BCUT2D eigenvalue weighted by atomic mass is 35.5. The quantitative estimate of drug-likeness (QED) is 0.654. The lowest BCUT2D eigenvalue weighted by Crippen LogP contribution is -2.15. The van der Waals surface area contributed by atoms with Crippen LogP contribution in [0.25, 0.3) is 0 Å². The Labute approximate surface area is 126 Å². The molecule has 0 bridgehead atoms. The number of pyridine rings is 1. The van der Waals surface area contributed by atoms with E-state index in [0.29, 0.717) is 16.9 Å². The lowest BCUT2D eigenvalue weighted by Gasteiger charge is -2.12. The number of halogens is 2. The number of rotatable bonds is 2. The Morgan fingerprint density at radius 2 is 1.90 bits per heavy atom. The molecule has 2 aromatic rings. The molecule has 0 aliphatic rings. The van der Waals surface area contributed by atoms with Crippen molar-refractivity contribution in [1.29, 1.82) is 0 Å². The summed E-state index contributed by atoms with van der Waals surface area (Å²) < 4.78 is 0. The number of hydrogen-bond donors (Lipinski definition) is 2. The summed E-state index contributed by atoms with van der Waals surface area (Å²) in [6.45, 7) is 3.62. The molecule has 4 nitrogen and oxygen atoms in total. The van der Waals surface area contributed by atoms with Gasteiger partial charge in [-0.15, -0.1) is 0 Å². The van der Waals surface area contributed by atoms with Gasteiger partial charge in [0.05, 0.1) is 5.69 Å². The number of aromatic nitrogens is 1. The van der Waals surface area contributed by atoms with E-state index in [1.54, 1.807) is 31.2 Å². The smallest absolute Gasteiger partial charge is 0.256 e. The number of amides is 1. The first-order valence-corrected chi connectivity index (χ1v) is 6.64. The van der Waals surface area contributed by atoms with Crippen LogP contribution in [0.3, 0.4) is 0 Å². The number of nitrogens with two attached hydrogens (primary N) is 1. The van der Waals surface area contributed by atoms with Crippen LogP contribution in [0.2, 0.25) is 10.3 Å². The molecule has 1 amide bonds. The zero-order chi connectivity index (χ0) is 14.9. The number of nitrogens with one attached hydrogen (secondary N) is 1. The van der Waals surface area contributed by atoms with Gasteiger partial charge in [-0.2, -0.15) is 0 Å². The number of nitrogen functional groups attached to an aromatic ring is 1. The van der Waals surface area contributed by atoms with E-state index in [1.165, 1.54) is 0 Å². The van der Waals surface area contributed by atoms with Gasteiger partial charge >= 0.3 is 0 Å². The van der Waals surface area contributed by atoms with Crippen LogP contribution >= 0.6 is 23.2 Å². The lowest BCUT2D eigenvalue weighted by molar-refractivity contribution is 0.102. The predicted molar refractivity (Wildman–Crippen MR) is 82.5 cm³/mol. The summed E-state index contributed by atoms with van der Waals surface area (Å²) in [5.74, 6) is -0.267. The van der Waals surface area contributed by atoms with Gasteiger partial charge in [-0.3, -0.25) is 4.79 Å². The van der Waals surface area contributed by atoms with E-state index in [4.69, 9.17) is 28.9 Å². The first kappa shape index (κ1) is 14.6. The van der Waals surface area contributed by atoms with Gasteiger partial charge in [-0.1, -0.05) is 23.2 Å². The van der Waals surface area contributed by atoms with Crippen LogP contribution in [0.5, 0.6) is 0 Å². The van der Waals surface area contributed by atoms with Gasteiger partial charge in [0.15, 0.2) is 5.15 Å². The zero-order valence-electron chi connectivity index (χ0n) is 11.0. The lowest BCUT2D eigenvalue weighted by atomic mass is 10.1. The van der Waals surface area contributed by atoms with Crippen LogP contribution in [0, 0.1) is 13.8 Å². The average Bonchev–Trinajstić information content (AvgIpc) is 2.33. The maximum atomic E-state index is 12.3. The SMILES string of the molecule is Cc1cc(N)ccc1C(=O)Nc1c(C)cc(Cl)nc1Cl. The zero-order valence-corrected chi connectivity index (χ0v) is 12.5. The molecule has 1 aromatic heterocycles. The van der Waals surface area contributed by atoms with Crippen molar-refractivity contribution >= 4 is 40.5 Å². The summed E-state index contributed by atoms with van der Waals surface area (Å²) in [7, 11) is 0. The molecule has 104 valence electrons. The van der Waals surface area contributed by atoms with E-state index >= 15 is 0 Å².